The Bertz CT molecular complexity index is 990. The van der Waals surface area contributed by atoms with Crippen molar-refractivity contribution < 1.29 is 39.0 Å². The summed E-state index contributed by atoms with van der Waals surface area (Å²) in [5.74, 6) is -5.80. The van der Waals surface area contributed by atoms with E-state index in [4.69, 9.17) is 22.3 Å². The van der Waals surface area contributed by atoms with Gasteiger partial charge in [0.25, 0.3) is 0 Å². The normalized spacial score (nSPS) is 13.8. The van der Waals surface area contributed by atoms with Crippen LogP contribution < -0.4 is 33.2 Å². The molecule has 11 N–H and O–H groups in total. The van der Waals surface area contributed by atoms with E-state index in [1.54, 1.807) is 30.3 Å². The summed E-state index contributed by atoms with van der Waals surface area (Å²) in [5, 5.41) is 25.8. The quantitative estimate of drug-likeness (QED) is 0.0910. The zero-order valence-corrected chi connectivity index (χ0v) is 21.6. The minimum Gasteiger partial charge on any atom is -0.481 e. The Kier molecular flexibility index (Phi) is 14.8. The predicted molar refractivity (Wildman–Crippen MR) is 140 cm³/mol. The fraction of sp³-hybridized carbons (Fsp3) is 0.520. The number of unbranched alkanes of at least 4 members (excludes halogenated alkanes) is 1. The fourth-order valence-corrected chi connectivity index (χ4v) is 3.60. The highest BCUT2D eigenvalue weighted by atomic mass is 16.4. The van der Waals surface area contributed by atoms with Crippen LogP contribution in [0.1, 0.15) is 50.5 Å². The molecule has 0 radical (unpaired) electrons. The number of primary amides is 1. The second-order valence-corrected chi connectivity index (χ2v) is 9.04. The molecule has 0 aliphatic carbocycles. The lowest BCUT2D eigenvalue weighted by atomic mass is 10.0. The van der Waals surface area contributed by atoms with Crippen LogP contribution in [0.15, 0.2) is 30.3 Å². The molecule has 216 valence electrons. The lowest BCUT2D eigenvalue weighted by Crippen LogP contribution is -2.57. The number of amides is 4. The predicted octanol–water partition coefficient (Wildman–Crippen LogP) is -1.65. The summed E-state index contributed by atoms with van der Waals surface area (Å²) >= 11 is 0. The number of benzene rings is 1. The smallest absolute Gasteiger partial charge is 0.326 e. The van der Waals surface area contributed by atoms with Crippen molar-refractivity contribution in [2.75, 3.05) is 6.54 Å². The molecular formula is C25H38N6O8. The molecule has 0 heterocycles. The zero-order chi connectivity index (χ0) is 29.4. The van der Waals surface area contributed by atoms with Crippen LogP contribution in [0.5, 0.6) is 0 Å². The Hall–Kier alpha value is -4.04. The van der Waals surface area contributed by atoms with Gasteiger partial charge in [-0.3, -0.25) is 24.0 Å². The topological polar surface area (TPSA) is 257 Å². The molecule has 39 heavy (non-hydrogen) atoms. The summed E-state index contributed by atoms with van der Waals surface area (Å²) in [6, 6.07) is 3.43. The van der Waals surface area contributed by atoms with Crippen molar-refractivity contribution in [2.45, 2.75) is 75.5 Å². The Morgan fingerprint density at radius 2 is 1.28 bits per heavy atom. The second-order valence-electron chi connectivity index (χ2n) is 9.04. The molecule has 4 amide bonds. The number of nitrogens with one attached hydrogen (secondary N) is 3. The monoisotopic (exact) mass is 550 g/mol. The van der Waals surface area contributed by atoms with Crippen molar-refractivity contribution in [3.63, 3.8) is 0 Å². The number of carbonyl (C=O) groups is 6. The largest absolute Gasteiger partial charge is 0.481 e. The first-order valence-corrected chi connectivity index (χ1v) is 12.6. The van der Waals surface area contributed by atoms with Crippen molar-refractivity contribution in [2.24, 2.45) is 17.2 Å². The van der Waals surface area contributed by atoms with Gasteiger partial charge in [-0.25, -0.2) is 4.79 Å². The van der Waals surface area contributed by atoms with E-state index in [9.17, 15) is 33.9 Å². The van der Waals surface area contributed by atoms with E-state index in [1.165, 1.54) is 0 Å². The summed E-state index contributed by atoms with van der Waals surface area (Å²) in [5.41, 5.74) is 17.1. The number of hydrogen-bond acceptors (Lipinski definition) is 8. The molecule has 0 saturated heterocycles. The number of rotatable bonds is 19. The first kappa shape index (κ1) is 33.0. The Labute approximate surface area is 226 Å². The van der Waals surface area contributed by atoms with Crippen LogP contribution in [0.2, 0.25) is 0 Å². The van der Waals surface area contributed by atoms with Gasteiger partial charge >= 0.3 is 11.9 Å². The van der Waals surface area contributed by atoms with Gasteiger partial charge in [-0.15, -0.1) is 0 Å². The van der Waals surface area contributed by atoms with E-state index in [2.05, 4.69) is 16.0 Å². The van der Waals surface area contributed by atoms with Crippen molar-refractivity contribution in [1.82, 2.24) is 16.0 Å². The van der Waals surface area contributed by atoms with E-state index >= 15 is 0 Å². The molecule has 0 bridgehead atoms. The highest BCUT2D eigenvalue weighted by Crippen LogP contribution is 2.07. The van der Waals surface area contributed by atoms with E-state index in [0.717, 1.165) is 0 Å². The maximum Gasteiger partial charge on any atom is 0.326 e. The van der Waals surface area contributed by atoms with Crippen molar-refractivity contribution in [3.8, 4) is 0 Å². The van der Waals surface area contributed by atoms with E-state index in [-0.39, 0.29) is 25.7 Å². The first-order chi connectivity index (χ1) is 18.4. The average molecular weight is 551 g/mol. The number of nitrogens with two attached hydrogens (primary N) is 3. The number of carboxylic acid groups (broad SMARTS) is 2. The number of aliphatic carboxylic acids is 2. The van der Waals surface area contributed by atoms with Gasteiger partial charge in [-0.05, 0) is 37.8 Å². The van der Waals surface area contributed by atoms with Crippen LogP contribution in [0, 0.1) is 0 Å². The van der Waals surface area contributed by atoms with Gasteiger partial charge in [0.05, 0.1) is 6.04 Å². The number of carbonyl (C=O) groups excluding carboxylic acids is 4. The highest BCUT2D eigenvalue weighted by Gasteiger charge is 2.31. The van der Waals surface area contributed by atoms with Gasteiger partial charge in [0, 0.05) is 19.3 Å². The van der Waals surface area contributed by atoms with Crippen LogP contribution in [0.25, 0.3) is 0 Å². The van der Waals surface area contributed by atoms with E-state index < -0.39 is 66.2 Å². The fourth-order valence-electron chi connectivity index (χ4n) is 3.60. The first-order valence-electron chi connectivity index (χ1n) is 12.6. The third kappa shape index (κ3) is 13.4. The molecule has 0 aromatic heterocycles. The molecule has 0 fully saturated rings. The SMILES string of the molecule is NCCCCC(N)C(=O)NC(CCC(N)=O)C(=O)NC(CCC(=O)O)C(=O)NC(Cc1ccccc1)C(=O)O. The molecule has 1 rings (SSSR count). The Morgan fingerprint density at radius 1 is 0.744 bits per heavy atom. The highest BCUT2D eigenvalue weighted by molar-refractivity contribution is 5.94. The Morgan fingerprint density at radius 3 is 1.79 bits per heavy atom. The molecule has 4 atom stereocenters. The lowest BCUT2D eigenvalue weighted by Gasteiger charge is -2.25. The molecule has 0 spiro atoms. The van der Waals surface area contributed by atoms with Gasteiger partial charge in [0.1, 0.15) is 18.1 Å². The van der Waals surface area contributed by atoms with Gasteiger partial charge in [0.2, 0.25) is 23.6 Å². The van der Waals surface area contributed by atoms with Crippen molar-refractivity contribution >= 4 is 35.6 Å². The molecular weight excluding hydrogens is 512 g/mol. The third-order valence-corrected chi connectivity index (χ3v) is 5.80. The zero-order valence-electron chi connectivity index (χ0n) is 21.6. The molecule has 1 aromatic carbocycles. The van der Waals surface area contributed by atoms with Crippen LogP contribution in [-0.2, 0) is 35.2 Å². The van der Waals surface area contributed by atoms with Gasteiger partial charge in [0.15, 0.2) is 0 Å². The van der Waals surface area contributed by atoms with Crippen LogP contribution >= 0.6 is 0 Å². The van der Waals surface area contributed by atoms with Crippen LogP contribution in [0.3, 0.4) is 0 Å². The second kappa shape index (κ2) is 17.5. The minimum atomic E-state index is -1.45. The molecule has 4 unspecified atom stereocenters. The lowest BCUT2D eigenvalue weighted by molar-refractivity contribution is -0.143. The standard InChI is InChI=1S/C25H38N6O8/c26-13-5-4-8-16(27)22(35)29-17(9-11-20(28)32)23(36)30-18(10-12-21(33)34)24(37)31-19(25(38)39)14-15-6-2-1-3-7-15/h1-3,6-7,16-19H,4-5,8-14,26-27H2,(H2,28,32)(H,29,35)(H,30,36)(H,31,37)(H,33,34)(H,38,39). The van der Waals surface area contributed by atoms with Crippen molar-refractivity contribution in [3.05, 3.63) is 35.9 Å². The van der Waals surface area contributed by atoms with Crippen LogP contribution in [-0.4, -0.2) is 76.5 Å². The average Bonchev–Trinajstić information content (AvgIpc) is 2.88. The maximum absolute atomic E-state index is 13.1. The molecule has 1 aromatic rings. The number of hydrogen-bond donors (Lipinski definition) is 8. The molecule has 0 aliphatic rings. The summed E-state index contributed by atoms with van der Waals surface area (Å²) < 4.78 is 0. The van der Waals surface area contributed by atoms with Crippen molar-refractivity contribution in [1.29, 1.82) is 0 Å². The molecule has 0 saturated carbocycles. The van der Waals surface area contributed by atoms with Gasteiger partial charge in [-0.1, -0.05) is 36.8 Å². The van der Waals surface area contributed by atoms with Gasteiger partial charge in [-0.2, -0.15) is 0 Å². The molecule has 14 nitrogen and oxygen atoms in total. The summed E-state index contributed by atoms with van der Waals surface area (Å²) in [7, 11) is 0. The summed E-state index contributed by atoms with van der Waals surface area (Å²) in [4.78, 5) is 72.8. The number of carboxylic acids is 2. The summed E-state index contributed by atoms with van der Waals surface area (Å²) in [6.07, 6.45) is 0.115. The Balaban J connectivity index is 3.02. The van der Waals surface area contributed by atoms with Gasteiger partial charge < -0.3 is 43.4 Å². The van der Waals surface area contributed by atoms with E-state index in [1.807, 2.05) is 0 Å². The molecule has 14 heteroatoms. The van der Waals surface area contributed by atoms with Crippen LogP contribution in [0.4, 0.5) is 0 Å². The van der Waals surface area contributed by atoms with E-state index in [0.29, 0.717) is 31.4 Å². The minimum absolute atomic E-state index is 0.0547. The third-order valence-electron chi connectivity index (χ3n) is 5.80. The summed E-state index contributed by atoms with van der Waals surface area (Å²) in [6.45, 7) is 0.422. The maximum atomic E-state index is 13.1. The molecule has 0 aliphatic heterocycles.